The smallest absolute Gasteiger partial charge is 0.317 e. The normalized spacial score (nSPS) is 18.3. The number of piperazine rings is 1. The summed E-state index contributed by atoms with van der Waals surface area (Å²) in [6.45, 7) is 1.89. The molecule has 0 spiro atoms. The second-order valence-corrected chi connectivity index (χ2v) is 7.25. The van der Waals surface area contributed by atoms with Crippen LogP contribution in [0.15, 0.2) is 30.3 Å². The monoisotopic (exact) mass is 386 g/mol. The summed E-state index contributed by atoms with van der Waals surface area (Å²) < 4.78 is 0. The van der Waals surface area contributed by atoms with Crippen LogP contribution in [0.25, 0.3) is 6.08 Å². The Hall–Kier alpha value is -2.90. The van der Waals surface area contributed by atoms with Crippen molar-refractivity contribution in [3.05, 3.63) is 46.0 Å². The van der Waals surface area contributed by atoms with E-state index in [9.17, 15) is 19.7 Å². The number of nitro benzene ring substituents is 1. The number of nitrogens with zero attached hydrogens (tertiary/aromatic N) is 3. The predicted molar refractivity (Wildman–Crippen MR) is 106 cm³/mol. The molecule has 1 heterocycles. The number of carbonyl (C=O) groups is 2. The molecule has 2 fully saturated rings. The molecule has 8 nitrogen and oxygen atoms in total. The first-order valence-corrected chi connectivity index (χ1v) is 9.80. The summed E-state index contributed by atoms with van der Waals surface area (Å²) in [6, 6.07) is 6.53. The van der Waals surface area contributed by atoms with Crippen molar-refractivity contribution in [3.63, 3.8) is 0 Å². The van der Waals surface area contributed by atoms with Gasteiger partial charge < -0.3 is 15.1 Å². The number of benzene rings is 1. The average Bonchev–Trinajstić information content (AvgIpc) is 2.73. The van der Waals surface area contributed by atoms with Crippen molar-refractivity contribution >= 4 is 23.7 Å². The highest BCUT2D eigenvalue weighted by Crippen LogP contribution is 2.19. The molecule has 1 aliphatic heterocycles. The molecule has 3 rings (SSSR count). The second-order valence-electron chi connectivity index (χ2n) is 7.25. The van der Waals surface area contributed by atoms with E-state index in [0.717, 1.165) is 12.8 Å². The molecule has 0 bridgehead atoms. The highest BCUT2D eigenvalue weighted by molar-refractivity contribution is 5.92. The summed E-state index contributed by atoms with van der Waals surface area (Å²) >= 11 is 0. The number of hydrogen-bond acceptors (Lipinski definition) is 4. The fourth-order valence-electron chi connectivity index (χ4n) is 3.70. The molecule has 3 amide bonds. The predicted octanol–water partition coefficient (Wildman–Crippen LogP) is 2.79. The minimum absolute atomic E-state index is 0.0317. The quantitative estimate of drug-likeness (QED) is 0.489. The minimum Gasteiger partial charge on any atom is -0.336 e. The third-order valence-corrected chi connectivity index (χ3v) is 5.35. The van der Waals surface area contributed by atoms with E-state index in [1.807, 2.05) is 0 Å². The lowest BCUT2D eigenvalue weighted by Crippen LogP contribution is -2.54. The van der Waals surface area contributed by atoms with Crippen molar-refractivity contribution in [2.24, 2.45) is 0 Å². The van der Waals surface area contributed by atoms with Crippen LogP contribution < -0.4 is 5.32 Å². The van der Waals surface area contributed by atoms with E-state index in [-0.39, 0.29) is 23.7 Å². The number of amides is 3. The van der Waals surface area contributed by atoms with Gasteiger partial charge in [-0.1, -0.05) is 31.4 Å². The van der Waals surface area contributed by atoms with E-state index in [2.05, 4.69) is 5.32 Å². The Bertz CT molecular complexity index is 750. The number of rotatable bonds is 4. The summed E-state index contributed by atoms with van der Waals surface area (Å²) in [5.74, 6) is -0.203. The van der Waals surface area contributed by atoms with Crippen molar-refractivity contribution in [1.82, 2.24) is 15.1 Å². The van der Waals surface area contributed by atoms with Gasteiger partial charge in [0.1, 0.15) is 0 Å². The van der Waals surface area contributed by atoms with Crippen molar-refractivity contribution < 1.29 is 14.5 Å². The molecule has 1 N–H and O–H groups in total. The lowest BCUT2D eigenvalue weighted by molar-refractivity contribution is -0.385. The molecule has 8 heteroatoms. The molecule has 150 valence electrons. The summed E-state index contributed by atoms with van der Waals surface area (Å²) in [6.07, 6.45) is 8.50. The second kappa shape index (κ2) is 9.34. The van der Waals surface area contributed by atoms with Crippen LogP contribution >= 0.6 is 0 Å². The van der Waals surface area contributed by atoms with Gasteiger partial charge in [0, 0.05) is 44.4 Å². The highest BCUT2D eigenvalue weighted by atomic mass is 16.6. The fraction of sp³-hybridized carbons (Fsp3) is 0.500. The van der Waals surface area contributed by atoms with Crippen molar-refractivity contribution in [2.75, 3.05) is 26.2 Å². The summed E-state index contributed by atoms with van der Waals surface area (Å²) in [5.41, 5.74) is 0.363. The Balaban J connectivity index is 1.50. The molecule has 2 aliphatic rings. The molecule has 28 heavy (non-hydrogen) atoms. The molecule has 0 aromatic heterocycles. The molecule has 0 atom stereocenters. The SMILES string of the molecule is O=C(/C=C/c1ccccc1[N+](=O)[O-])N1CCN(C(=O)NC2CCCCC2)CC1. The number of carbonyl (C=O) groups excluding carboxylic acids is 2. The zero-order valence-corrected chi connectivity index (χ0v) is 15.9. The van der Waals surface area contributed by atoms with Crippen molar-refractivity contribution in [2.45, 2.75) is 38.1 Å². The third kappa shape index (κ3) is 5.09. The van der Waals surface area contributed by atoms with E-state index in [0.29, 0.717) is 31.7 Å². The van der Waals surface area contributed by atoms with Gasteiger partial charge in [0.15, 0.2) is 0 Å². The molecular weight excluding hydrogens is 360 g/mol. The number of hydrogen-bond donors (Lipinski definition) is 1. The van der Waals surface area contributed by atoms with Gasteiger partial charge in [-0.15, -0.1) is 0 Å². The van der Waals surface area contributed by atoms with Gasteiger partial charge >= 0.3 is 6.03 Å². The first-order chi connectivity index (χ1) is 13.5. The van der Waals surface area contributed by atoms with Gasteiger partial charge in [-0.2, -0.15) is 0 Å². The third-order valence-electron chi connectivity index (χ3n) is 5.35. The summed E-state index contributed by atoms with van der Waals surface area (Å²) in [5, 5.41) is 14.1. The molecule has 1 aromatic carbocycles. The first kappa shape index (κ1) is 19.9. The lowest BCUT2D eigenvalue weighted by Gasteiger charge is -2.35. The van der Waals surface area contributed by atoms with Crippen molar-refractivity contribution in [3.8, 4) is 0 Å². The number of nitro groups is 1. The van der Waals surface area contributed by atoms with Gasteiger partial charge in [-0.3, -0.25) is 14.9 Å². The zero-order valence-electron chi connectivity index (χ0n) is 15.9. The van der Waals surface area contributed by atoms with E-state index in [1.54, 1.807) is 28.0 Å². The van der Waals surface area contributed by atoms with E-state index in [4.69, 9.17) is 0 Å². The van der Waals surface area contributed by atoms with Gasteiger partial charge in [-0.05, 0) is 25.0 Å². The van der Waals surface area contributed by atoms with Crippen LogP contribution in [-0.2, 0) is 4.79 Å². The first-order valence-electron chi connectivity index (χ1n) is 9.80. The highest BCUT2D eigenvalue weighted by Gasteiger charge is 2.25. The number of nitrogens with one attached hydrogen (secondary N) is 1. The largest absolute Gasteiger partial charge is 0.336 e. The van der Waals surface area contributed by atoms with Crippen LogP contribution in [0.2, 0.25) is 0 Å². The number of para-hydroxylation sites is 1. The molecule has 1 saturated heterocycles. The topological polar surface area (TPSA) is 95.8 Å². The Morgan fingerprint density at radius 3 is 2.36 bits per heavy atom. The lowest BCUT2D eigenvalue weighted by atomic mass is 9.96. The van der Waals surface area contributed by atoms with E-state index in [1.165, 1.54) is 37.5 Å². The van der Waals surface area contributed by atoms with Gasteiger partial charge in [0.05, 0.1) is 10.5 Å². The standard InChI is InChI=1S/C20H26N4O4/c25-19(11-10-16-6-4-5-9-18(16)24(27)28)22-12-14-23(15-13-22)20(26)21-17-7-2-1-3-8-17/h4-6,9-11,17H,1-3,7-8,12-15H2,(H,21,26)/b11-10+. The maximum Gasteiger partial charge on any atom is 0.317 e. The molecule has 1 aromatic rings. The molecular formula is C20H26N4O4. The van der Waals surface area contributed by atoms with E-state index >= 15 is 0 Å². The summed E-state index contributed by atoms with van der Waals surface area (Å²) in [7, 11) is 0. The maximum atomic E-state index is 12.4. The molecule has 1 saturated carbocycles. The summed E-state index contributed by atoms with van der Waals surface area (Å²) in [4.78, 5) is 38.8. The van der Waals surface area contributed by atoms with Crippen LogP contribution in [0.3, 0.4) is 0 Å². The fourth-order valence-corrected chi connectivity index (χ4v) is 3.70. The van der Waals surface area contributed by atoms with Crippen LogP contribution in [0.1, 0.15) is 37.7 Å². The Labute approximate surface area is 164 Å². The van der Waals surface area contributed by atoms with E-state index < -0.39 is 4.92 Å². The Morgan fingerprint density at radius 2 is 1.68 bits per heavy atom. The van der Waals surface area contributed by atoms with Gasteiger partial charge in [0.25, 0.3) is 5.69 Å². The van der Waals surface area contributed by atoms with Crippen LogP contribution in [0, 0.1) is 10.1 Å². The molecule has 1 aliphatic carbocycles. The van der Waals surface area contributed by atoms with Gasteiger partial charge in [0.2, 0.25) is 5.91 Å². The average molecular weight is 386 g/mol. The van der Waals surface area contributed by atoms with Crippen LogP contribution in [-0.4, -0.2) is 58.9 Å². The zero-order chi connectivity index (χ0) is 19.9. The Kier molecular flexibility index (Phi) is 6.62. The van der Waals surface area contributed by atoms with Crippen LogP contribution in [0.5, 0.6) is 0 Å². The number of urea groups is 1. The maximum absolute atomic E-state index is 12.4. The molecule has 0 unspecified atom stereocenters. The van der Waals surface area contributed by atoms with Crippen molar-refractivity contribution in [1.29, 1.82) is 0 Å². The van der Waals surface area contributed by atoms with Gasteiger partial charge in [-0.25, -0.2) is 4.79 Å². The molecule has 0 radical (unpaired) electrons. The Morgan fingerprint density at radius 1 is 1.04 bits per heavy atom. The minimum atomic E-state index is -0.464. The van der Waals surface area contributed by atoms with Crippen LogP contribution in [0.4, 0.5) is 10.5 Å².